The number of hydrogen-bond acceptors (Lipinski definition) is 3. The molecule has 2 nitrogen and oxygen atoms in total. The van der Waals surface area contributed by atoms with Crippen molar-refractivity contribution < 1.29 is 0 Å². The fourth-order valence-corrected chi connectivity index (χ4v) is 3.72. The van der Waals surface area contributed by atoms with E-state index in [0.717, 1.165) is 18.0 Å². The fraction of sp³-hybridized carbons (Fsp3) is 0.375. The second kappa shape index (κ2) is 5.35. The molecule has 0 aliphatic carbocycles. The maximum Gasteiger partial charge on any atom is 0.0859 e. The number of nitrogens with two attached hydrogens (primary N) is 1. The van der Waals surface area contributed by atoms with Crippen molar-refractivity contribution >= 4 is 16.3 Å². The third kappa shape index (κ3) is 2.82. The minimum absolute atomic E-state index is 0.575. The summed E-state index contributed by atoms with van der Waals surface area (Å²) < 4.78 is 0. The van der Waals surface area contributed by atoms with Crippen molar-refractivity contribution in [2.24, 2.45) is 0 Å². The van der Waals surface area contributed by atoms with Gasteiger partial charge in [-0.1, -0.05) is 24.3 Å². The van der Waals surface area contributed by atoms with Gasteiger partial charge in [0.2, 0.25) is 0 Å². The van der Waals surface area contributed by atoms with Crippen LogP contribution in [0, 0.1) is 0 Å². The smallest absolute Gasteiger partial charge is 0.0859 e. The monoisotopic (exact) mass is 272 g/mol. The summed E-state index contributed by atoms with van der Waals surface area (Å²) in [7, 11) is 0. The highest BCUT2D eigenvalue weighted by Gasteiger charge is 2.20. The maximum absolute atomic E-state index is 5.80. The van der Waals surface area contributed by atoms with Gasteiger partial charge in [-0.25, -0.2) is 0 Å². The summed E-state index contributed by atoms with van der Waals surface area (Å²) in [6.07, 6.45) is 2.27. The zero-order chi connectivity index (χ0) is 13.2. The molecule has 19 heavy (non-hydrogen) atoms. The molecule has 1 aliphatic rings. The number of hydrogen-bond donors (Lipinski definition) is 1. The molecule has 1 atom stereocenters. The number of fused-ring (bicyclic) bond motifs is 1. The molecule has 3 heteroatoms. The van der Waals surface area contributed by atoms with Crippen LogP contribution in [0.2, 0.25) is 0 Å². The van der Waals surface area contributed by atoms with Crippen LogP contribution in [0.25, 0.3) is 0 Å². The van der Waals surface area contributed by atoms with Crippen molar-refractivity contribution in [2.75, 3.05) is 12.3 Å². The zero-order valence-electron chi connectivity index (χ0n) is 11.3. The molecule has 2 aromatic rings. The van der Waals surface area contributed by atoms with E-state index >= 15 is 0 Å². The highest BCUT2D eigenvalue weighted by Crippen LogP contribution is 2.24. The molecule has 0 amide bonds. The first-order valence-corrected chi connectivity index (χ1v) is 7.69. The lowest BCUT2D eigenvalue weighted by atomic mass is 9.98. The highest BCUT2D eigenvalue weighted by molar-refractivity contribution is 7.15. The SMILES string of the molecule is CC(Cc1ccc(N)s1)N1CCc2ccccc2C1. The minimum atomic E-state index is 0.575. The Morgan fingerprint density at radius 2 is 2.00 bits per heavy atom. The highest BCUT2D eigenvalue weighted by atomic mass is 32.1. The molecule has 0 radical (unpaired) electrons. The van der Waals surface area contributed by atoms with Gasteiger partial charge in [-0.2, -0.15) is 0 Å². The van der Waals surface area contributed by atoms with Crippen molar-refractivity contribution in [1.82, 2.24) is 4.90 Å². The predicted octanol–water partition coefficient (Wildman–Crippen LogP) is 3.32. The lowest BCUT2D eigenvalue weighted by molar-refractivity contribution is 0.190. The van der Waals surface area contributed by atoms with Crippen LogP contribution in [-0.4, -0.2) is 17.5 Å². The largest absolute Gasteiger partial charge is 0.391 e. The second-order valence-corrected chi connectivity index (χ2v) is 6.55. The molecule has 100 valence electrons. The van der Waals surface area contributed by atoms with Gasteiger partial charge in [0.05, 0.1) is 5.00 Å². The van der Waals surface area contributed by atoms with E-state index in [4.69, 9.17) is 5.73 Å². The Hall–Kier alpha value is -1.32. The van der Waals surface area contributed by atoms with Crippen molar-refractivity contribution in [3.63, 3.8) is 0 Å². The summed E-state index contributed by atoms with van der Waals surface area (Å²) in [6.45, 7) is 4.57. The molecule has 3 rings (SSSR count). The fourth-order valence-electron chi connectivity index (χ4n) is 2.82. The molecule has 2 N–H and O–H groups in total. The Kier molecular flexibility index (Phi) is 3.58. The molecule has 1 unspecified atom stereocenters. The van der Waals surface area contributed by atoms with E-state index in [1.807, 2.05) is 6.07 Å². The number of benzene rings is 1. The predicted molar refractivity (Wildman–Crippen MR) is 82.5 cm³/mol. The molecule has 0 bridgehead atoms. The number of anilines is 1. The van der Waals surface area contributed by atoms with E-state index in [1.165, 1.54) is 29.0 Å². The Morgan fingerprint density at radius 1 is 1.21 bits per heavy atom. The van der Waals surface area contributed by atoms with Crippen LogP contribution in [0.1, 0.15) is 22.9 Å². The number of thiophene rings is 1. The van der Waals surface area contributed by atoms with Gasteiger partial charge in [0.25, 0.3) is 0 Å². The average Bonchev–Trinajstić information content (AvgIpc) is 2.83. The summed E-state index contributed by atoms with van der Waals surface area (Å²) in [6, 6.07) is 13.6. The second-order valence-electron chi connectivity index (χ2n) is 5.35. The van der Waals surface area contributed by atoms with E-state index < -0.39 is 0 Å². The third-order valence-corrected chi connectivity index (χ3v) is 4.90. The Morgan fingerprint density at radius 3 is 2.74 bits per heavy atom. The molecule has 1 aliphatic heterocycles. The van der Waals surface area contributed by atoms with Crippen molar-refractivity contribution in [3.05, 3.63) is 52.4 Å². The minimum Gasteiger partial charge on any atom is -0.391 e. The normalized spacial score (nSPS) is 17.1. The summed E-state index contributed by atoms with van der Waals surface area (Å²) in [4.78, 5) is 3.97. The van der Waals surface area contributed by atoms with Crippen LogP contribution >= 0.6 is 11.3 Å². The molecule has 0 saturated carbocycles. The van der Waals surface area contributed by atoms with Gasteiger partial charge in [-0.3, -0.25) is 4.90 Å². The van der Waals surface area contributed by atoms with Crippen LogP contribution in [0.4, 0.5) is 5.00 Å². The summed E-state index contributed by atoms with van der Waals surface area (Å²) in [5.41, 5.74) is 8.81. The van der Waals surface area contributed by atoms with Crippen molar-refractivity contribution in [2.45, 2.75) is 32.4 Å². The molecule has 0 spiro atoms. The Balaban J connectivity index is 1.67. The number of nitrogen functional groups attached to an aromatic ring is 1. The Labute approximate surface area is 118 Å². The van der Waals surface area contributed by atoms with E-state index in [0.29, 0.717) is 6.04 Å². The van der Waals surface area contributed by atoms with Gasteiger partial charge in [0.15, 0.2) is 0 Å². The quantitative estimate of drug-likeness (QED) is 0.928. The molecule has 2 heterocycles. The standard InChI is InChI=1S/C16H20N2S/c1-12(10-15-6-7-16(17)19-15)18-9-8-13-4-2-3-5-14(13)11-18/h2-7,12H,8-11,17H2,1H3. The van der Waals surface area contributed by atoms with E-state index in [9.17, 15) is 0 Å². The van der Waals surface area contributed by atoms with E-state index in [-0.39, 0.29) is 0 Å². The first-order valence-electron chi connectivity index (χ1n) is 6.87. The summed E-state index contributed by atoms with van der Waals surface area (Å²) in [5, 5.41) is 0.922. The number of nitrogens with zero attached hydrogens (tertiary/aromatic N) is 1. The van der Waals surface area contributed by atoms with E-state index in [1.54, 1.807) is 11.3 Å². The molecule has 0 saturated heterocycles. The van der Waals surface area contributed by atoms with Gasteiger partial charge < -0.3 is 5.73 Å². The molecular formula is C16H20N2S. The van der Waals surface area contributed by atoms with Crippen LogP contribution in [0.5, 0.6) is 0 Å². The van der Waals surface area contributed by atoms with Gasteiger partial charge in [-0.15, -0.1) is 11.3 Å². The van der Waals surface area contributed by atoms with Gasteiger partial charge >= 0.3 is 0 Å². The summed E-state index contributed by atoms with van der Waals surface area (Å²) >= 11 is 1.72. The maximum atomic E-state index is 5.80. The molecular weight excluding hydrogens is 252 g/mol. The first-order chi connectivity index (χ1) is 9.22. The van der Waals surface area contributed by atoms with Crippen molar-refractivity contribution in [3.8, 4) is 0 Å². The van der Waals surface area contributed by atoms with Gasteiger partial charge in [0.1, 0.15) is 0 Å². The van der Waals surface area contributed by atoms with Crippen LogP contribution in [0.15, 0.2) is 36.4 Å². The molecule has 1 aromatic heterocycles. The van der Waals surface area contributed by atoms with Gasteiger partial charge in [0, 0.05) is 24.0 Å². The molecule has 0 fully saturated rings. The lowest BCUT2D eigenvalue weighted by Gasteiger charge is -2.33. The van der Waals surface area contributed by atoms with Crippen LogP contribution in [-0.2, 0) is 19.4 Å². The lowest BCUT2D eigenvalue weighted by Crippen LogP contribution is -2.38. The summed E-state index contributed by atoms with van der Waals surface area (Å²) in [5.74, 6) is 0. The topological polar surface area (TPSA) is 29.3 Å². The zero-order valence-corrected chi connectivity index (χ0v) is 12.1. The average molecular weight is 272 g/mol. The molecule has 1 aromatic carbocycles. The van der Waals surface area contributed by atoms with Crippen molar-refractivity contribution in [1.29, 1.82) is 0 Å². The Bertz CT molecular complexity index is 561. The van der Waals surface area contributed by atoms with E-state index in [2.05, 4.69) is 42.2 Å². The number of rotatable bonds is 3. The van der Waals surface area contributed by atoms with Crippen LogP contribution in [0.3, 0.4) is 0 Å². The third-order valence-electron chi connectivity index (χ3n) is 3.96. The van der Waals surface area contributed by atoms with Crippen LogP contribution < -0.4 is 5.73 Å². The first kappa shape index (κ1) is 12.7. The van der Waals surface area contributed by atoms with Gasteiger partial charge in [-0.05, 0) is 43.0 Å².